The van der Waals surface area contributed by atoms with Crippen molar-refractivity contribution < 1.29 is 4.74 Å². The molecule has 0 saturated heterocycles. The first-order chi connectivity index (χ1) is 10.1. The van der Waals surface area contributed by atoms with Crippen molar-refractivity contribution in [3.8, 4) is 5.75 Å². The van der Waals surface area contributed by atoms with Gasteiger partial charge in [0, 0.05) is 23.0 Å². The minimum atomic E-state index is 0.314. The first-order valence-electron chi connectivity index (χ1n) is 7.40. The lowest BCUT2D eigenvalue weighted by Gasteiger charge is -2.21. The highest BCUT2D eigenvalue weighted by atomic mass is 79.9. The van der Waals surface area contributed by atoms with Gasteiger partial charge in [-0.15, -0.1) is 0 Å². The summed E-state index contributed by atoms with van der Waals surface area (Å²) in [5.41, 5.74) is 3.95. The summed E-state index contributed by atoms with van der Waals surface area (Å²) in [4.78, 5) is 0. The predicted molar refractivity (Wildman–Crippen MR) is 89.7 cm³/mol. The number of nitrogens with one attached hydrogen (secondary N) is 1. The number of benzene rings is 2. The van der Waals surface area contributed by atoms with Crippen molar-refractivity contribution in [1.29, 1.82) is 0 Å². The second-order valence-corrected chi connectivity index (χ2v) is 6.54. The minimum absolute atomic E-state index is 0.314. The Hall–Kier alpha value is -1.32. The van der Waals surface area contributed by atoms with E-state index in [1.165, 1.54) is 16.7 Å². The van der Waals surface area contributed by atoms with Crippen LogP contribution in [0.3, 0.4) is 0 Å². The van der Waals surface area contributed by atoms with Crippen LogP contribution in [0.15, 0.2) is 46.9 Å². The molecule has 0 spiro atoms. The van der Waals surface area contributed by atoms with Crippen LogP contribution in [0.5, 0.6) is 5.75 Å². The van der Waals surface area contributed by atoms with Gasteiger partial charge in [0.2, 0.25) is 0 Å². The fraction of sp³-hybridized carbons (Fsp3) is 0.333. The van der Waals surface area contributed by atoms with E-state index in [0.29, 0.717) is 12.1 Å². The molecule has 0 saturated carbocycles. The monoisotopic (exact) mass is 345 g/mol. The summed E-state index contributed by atoms with van der Waals surface area (Å²) < 4.78 is 6.69. The molecule has 1 aliphatic rings. The summed E-state index contributed by atoms with van der Waals surface area (Å²) in [6.45, 7) is 5.24. The molecule has 0 amide bonds. The lowest BCUT2D eigenvalue weighted by Crippen LogP contribution is -2.22. The quantitative estimate of drug-likeness (QED) is 0.859. The van der Waals surface area contributed by atoms with Crippen LogP contribution in [0.4, 0.5) is 0 Å². The highest BCUT2D eigenvalue weighted by molar-refractivity contribution is 9.10. The molecule has 3 heteroatoms. The Labute approximate surface area is 134 Å². The SMILES string of the molecule is CC(N[C@@H](C)c1ccc(Br)cc1)c1ccc2c(c1)CCO2. The molecule has 0 aliphatic carbocycles. The van der Waals surface area contributed by atoms with Gasteiger partial charge in [-0.2, -0.15) is 0 Å². The van der Waals surface area contributed by atoms with Crippen LogP contribution in [0.2, 0.25) is 0 Å². The molecule has 0 fully saturated rings. The van der Waals surface area contributed by atoms with E-state index in [9.17, 15) is 0 Å². The Morgan fingerprint density at radius 3 is 2.43 bits per heavy atom. The van der Waals surface area contributed by atoms with Crippen molar-refractivity contribution in [2.75, 3.05) is 6.61 Å². The molecule has 2 aromatic rings. The molecule has 21 heavy (non-hydrogen) atoms. The Morgan fingerprint density at radius 1 is 1.00 bits per heavy atom. The van der Waals surface area contributed by atoms with E-state index in [0.717, 1.165) is 23.2 Å². The lowest BCUT2D eigenvalue weighted by molar-refractivity contribution is 0.356. The van der Waals surface area contributed by atoms with Gasteiger partial charge in [-0.1, -0.05) is 40.2 Å². The number of ether oxygens (including phenoxy) is 1. The van der Waals surface area contributed by atoms with Crippen LogP contribution in [-0.2, 0) is 6.42 Å². The Balaban J connectivity index is 1.70. The molecular weight excluding hydrogens is 326 g/mol. The molecule has 2 aromatic carbocycles. The zero-order valence-electron chi connectivity index (χ0n) is 12.4. The van der Waals surface area contributed by atoms with Crippen LogP contribution in [0, 0.1) is 0 Å². The van der Waals surface area contributed by atoms with Gasteiger partial charge in [-0.3, -0.25) is 0 Å². The Morgan fingerprint density at radius 2 is 1.67 bits per heavy atom. The van der Waals surface area contributed by atoms with Crippen molar-refractivity contribution in [3.63, 3.8) is 0 Å². The lowest BCUT2D eigenvalue weighted by atomic mass is 10.0. The molecule has 2 atom stereocenters. The first-order valence-corrected chi connectivity index (χ1v) is 8.20. The maximum Gasteiger partial charge on any atom is 0.122 e. The van der Waals surface area contributed by atoms with Crippen molar-refractivity contribution in [3.05, 3.63) is 63.6 Å². The summed E-state index contributed by atoms with van der Waals surface area (Å²) in [7, 11) is 0. The van der Waals surface area contributed by atoms with Gasteiger partial charge in [-0.05, 0) is 48.7 Å². The Bertz CT molecular complexity index is 624. The third kappa shape index (κ3) is 3.30. The first kappa shape index (κ1) is 14.6. The van der Waals surface area contributed by atoms with Crippen LogP contribution >= 0.6 is 15.9 Å². The zero-order chi connectivity index (χ0) is 14.8. The van der Waals surface area contributed by atoms with Gasteiger partial charge in [-0.25, -0.2) is 0 Å². The summed E-state index contributed by atoms with van der Waals surface area (Å²) in [6.07, 6.45) is 1.03. The van der Waals surface area contributed by atoms with E-state index >= 15 is 0 Å². The maximum atomic E-state index is 5.57. The van der Waals surface area contributed by atoms with E-state index in [2.05, 4.69) is 77.6 Å². The predicted octanol–water partition coefficient (Wildman–Crippen LogP) is 4.80. The highest BCUT2D eigenvalue weighted by Gasteiger charge is 2.16. The van der Waals surface area contributed by atoms with E-state index < -0.39 is 0 Å². The second-order valence-electron chi connectivity index (χ2n) is 5.63. The molecule has 3 rings (SSSR count). The van der Waals surface area contributed by atoms with E-state index in [-0.39, 0.29) is 0 Å². The molecule has 1 unspecified atom stereocenters. The van der Waals surface area contributed by atoms with Gasteiger partial charge in [0.05, 0.1) is 6.61 Å². The average Bonchev–Trinajstić information content (AvgIpc) is 2.95. The van der Waals surface area contributed by atoms with E-state index in [1.807, 2.05) is 0 Å². The van der Waals surface area contributed by atoms with Gasteiger partial charge in [0.25, 0.3) is 0 Å². The normalized spacial score (nSPS) is 16.1. The van der Waals surface area contributed by atoms with E-state index in [1.54, 1.807) is 0 Å². The molecule has 2 nitrogen and oxygen atoms in total. The highest BCUT2D eigenvalue weighted by Crippen LogP contribution is 2.29. The topological polar surface area (TPSA) is 21.3 Å². The van der Waals surface area contributed by atoms with Crippen LogP contribution in [-0.4, -0.2) is 6.61 Å². The third-order valence-electron chi connectivity index (χ3n) is 4.08. The van der Waals surface area contributed by atoms with Crippen molar-refractivity contribution in [1.82, 2.24) is 5.32 Å². The van der Waals surface area contributed by atoms with Gasteiger partial charge < -0.3 is 10.1 Å². The molecule has 0 aromatic heterocycles. The molecule has 110 valence electrons. The molecular formula is C18H20BrNO. The van der Waals surface area contributed by atoms with Crippen LogP contribution in [0.25, 0.3) is 0 Å². The zero-order valence-corrected chi connectivity index (χ0v) is 14.0. The standard InChI is InChI=1S/C18H20BrNO/c1-12(14-3-6-17(19)7-4-14)20-13(2)15-5-8-18-16(11-15)9-10-21-18/h3-8,11-13,20H,9-10H2,1-2H3/t12-,13?/m0/s1. The third-order valence-corrected chi connectivity index (χ3v) is 4.61. The Kier molecular flexibility index (Phi) is 4.32. The van der Waals surface area contributed by atoms with Crippen LogP contribution in [0.1, 0.15) is 42.6 Å². The fourth-order valence-corrected chi connectivity index (χ4v) is 3.06. The molecule has 1 heterocycles. The van der Waals surface area contributed by atoms with Gasteiger partial charge in [0.15, 0.2) is 0 Å². The molecule has 0 bridgehead atoms. The smallest absolute Gasteiger partial charge is 0.122 e. The summed E-state index contributed by atoms with van der Waals surface area (Å²) in [6, 6.07) is 15.7. The molecule has 1 N–H and O–H groups in total. The second kappa shape index (κ2) is 6.20. The van der Waals surface area contributed by atoms with Crippen molar-refractivity contribution >= 4 is 15.9 Å². The fourth-order valence-electron chi connectivity index (χ4n) is 2.79. The number of rotatable bonds is 4. The summed E-state index contributed by atoms with van der Waals surface area (Å²) in [5.74, 6) is 1.05. The van der Waals surface area contributed by atoms with Crippen LogP contribution < -0.4 is 10.1 Å². The number of hydrogen-bond acceptors (Lipinski definition) is 2. The van der Waals surface area contributed by atoms with Gasteiger partial charge >= 0.3 is 0 Å². The minimum Gasteiger partial charge on any atom is -0.493 e. The largest absolute Gasteiger partial charge is 0.493 e. The number of fused-ring (bicyclic) bond motifs is 1. The average molecular weight is 346 g/mol. The number of halogens is 1. The van der Waals surface area contributed by atoms with Gasteiger partial charge in [0.1, 0.15) is 5.75 Å². The molecule has 1 aliphatic heterocycles. The maximum absolute atomic E-state index is 5.57. The summed E-state index contributed by atoms with van der Waals surface area (Å²) in [5, 5.41) is 3.67. The summed E-state index contributed by atoms with van der Waals surface area (Å²) >= 11 is 3.48. The molecule has 0 radical (unpaired) electrons. The van der Waals surface area contributed by atoms with Crippen molar-refractivity contribution in [2.24, 2.45) is 0 Å². The van der Waals surface area contributed by atoms with Crippen molar-refractivity contribution in [2.45, 2.75) is 32.4 Å². The van der Waals surface area contributed by atoms with E-state index in [4.69, 9.17) is 4.74 Å². The number of hydrogen-bond donors (Lipinski definition) is 1.